The van der Waals surface area contributed by atoms with Gasteiger partial charge in [0.25, 0.3) is 0 Å². The molecule has 1 heterocycles. The zero-order chi connectivity index (χ0) is 19.7. The minimum absolute atomic E-state index is 0.289. The molecule has 1 aromatic carbocycles. The van der Waals surface area contributed by atoms with Gasteiger partial charge in [0.15, 0.2) is 5.82 Å². The van der Waals surface area contributed by atoms with Gasteiger partial charge in [0.1, 0.15) is 17.1 Å². The molecule has 27 heavy (non-hydrogen) atoms. The van der Waals surface area contributed by atoms with Crippen molar-refractivity contribution in [1.82, 2.24) is 4.98 Å². The van der Waals surface area contributed by atoms with E-state index in [1.165, 1.54) is 30.5 Å². The molecule has 5 nitrogen and oxygen atoms in total. The van der Waals surface area contributed by atoms with Gasteiger partial charge in [-0.1, -0.05) is 12.1 Å². The SMILES string of the molecule is NNc1nccc(O[C@H]2CC[C@@](O)(c3ccc(F)cc3)CC2)c1C(F)(F)F. The molecular weight excluding hydrogens is 366 g/mol. The van der Waals surface area contributed by atoms with E-state index in [0.717, 1.165) is 6.07 Å². The summed E-state index contributed by atoms with van der Waals surface area (Å²) in [5, 5.41) is 10.8. The van der Waals surface area contributed by atoms with Crippen LogP contribution in [0.15, 0.2) is 36.5 Å². The predicted octanol–water partition coefficient (Wildman–Crippen LogP) is 3.73. The summed E-state index contributed by atoms with van der Waals surface area (Å²) in [4.78, 5) is 3.58. The third-order valence-corrected chi connectivity index (χ3v) is 4.77. The number of ether oxygens (including phenoxy) is 1. The van der Waals surface area contributed by atoms with E-state index in [1.807, 2.05) is 5.43 Å². The minimum atomic E-state index is -4.69. The summed E-state index contributed by atoms with van der Waals surface area (Å²) in [6.45, 7) is 0. The first-order valence-electron chi connectivity index (χ1n) is 8.41. The largest absolute Gasteiger partial charge is 0.490 e. The van der Waals surface area contributed by atoms with Crippen LogP contribution in [0, 0.1) is 5.82 Å². The van der Waals surface area contributed by atoms with Crippen LogP contribution in [0.1, 0.15) is 36.8 Å². The molecule has 4 N–H and O–H groups in total. The number of rotatable bonds is 4. The number of hydrogen-bond donors (Lipinski definition) is 3. The number of hydrazine groups is 1. The van der Waals surface area contributed by atoms with Crippen molar-refractivity contribution in [2.24, 2.45) is 5.84 Å². The Morgan fingerprint density at radius 3 is 2.33 bits per heavy atom. The van der Waals surface area contributed by atoms with Gasteiger partial charge in [-0.05, 0) is 49.4 Å². The van der Waals surface area contributed by atoms with E-state index < -0.39 is 35.1 Å². The van der Waals surface area contributed by atoms with Gasteiger partial charge in [-0.15, -0.1) is 0 Å². The summed E-state index contributed by atoms with van der Waals surface area (Å²) in [6, 6.07) is 6.71. The lowest BCUT2D eigenvalue weighted by atomic mass is 9.78. The second kappa shape index (κ2) is 7.32. The third-order valence-electron chi connectivity index (χ3n) is 4.77. The zero-order valence-electron chi connectivity index (χ0n) is 14.3. The molecule has 0 bridgehead atoms. The number of nitrogens with two attached hydrogens (primary N) is 1. The van der Waals surface area contributed by atoms with E-state index in [9.17, 15) is 22.7 Å². The molecule has 1 saturated carbocycles. The second-order valence-electron chi connectivity index (χ2n) is 6.53. The summed E-state index contributed by atoms with van der Waals surface area (Å²) in [5.41, 5.74) is 0.304. The lowest BCUT2D eigenvalue weighted by Crippen LogP contribution is -2.35. The molecule has 0 radical (unpaired) electrons. The number of halogens is 4. The highest BCUT2D eigenvalue weighted by Gasteiger charge is 2.40. The summed E-state index contributed by atoms with van der Waals surface area (Å²) >= 11 is 0. The van der Waals surface area contributed by atoms with Crippen molar-refractivity contribution < 1.29 is 27.4 Å². The first-order valence-corrected chi connectivity index (χ1v) is 8.41. The van der Waals surface area contributed by atoms with E-state index in [-0.39, 0.29) is 18.6 Å². The maximum absolute atomic E-state index is 13.3. The van der Waals surface area contributed by atoms with Crippen molar-refractivity contribution in [2.45, 2.75) is 43.6 Å². The van der Waals surface area contributed by atoms with Gasteiger partial charge in [0, 0.05) is 6.20 Å². The van der Waals surface area contributed by atoms with Crippen LogP contribution in [0.5, 0.6) is 5.75 Å². The van der Waals surface area contributed by atoms with Gasteiger partial charge < -0.3 is 15.3 Å². The minimum Gasteiger partial charge on any atom is -0.490 e. The molecular formula is C18H19F4N3O2. The van der Waals surface area contributed by atoms with Crippen LogP contribution in [-0.2, 0) is 11.8 Å². The van der Waals surface area contributed by atoms with E-state index in [4.69, 9.17) is 10.6 Å². The Bertz CT molecular complexity index is 788. The number of hydrogen-bond acceptors (Lipinski definition) is 5. The molecule has 146 valence electrons. The van der Waals surface area contributed by atoms with E-state index >= 15 is 0 Å². The van der Waals surface area contributed by atoms with Crippen molar-refractivity contribution in [3.05, 3.63) is 53.5 Å². The topological polar surface area (TPSA) is 80.4 Å². The smallest absolute Gasteiger partial charge is 0.423 e. The van der Waals surface area contributed by atoms with E-state index in [0.29, 0.717) is 18.4 Å². The number of alkyl halides is 3. The highest BCUT2D eigenvalue weighted by atomic mass is 19.4. The quantitative estimate of drug-likeness (QED) is 0.425. The van der Waals surface area contributed by atoms with Gasteiger partial charge in [0.05, 0.1) is 11.7 Å². The Balaban J connectivity index is 1.74. The highest BCUT2D eigenvalue weighted by Crippen LogP contribution is 2.43. The molecule has 0 saturated heterocycles. The number of aliphatic hydroxyl groups is 1. The first-order chi connectivity index (χ1) is 12.7. The molecule has 9 heteroatoms. The average molecular weight is 385 g/mol. The van der Waals surface area contributed by atoms with Gasteiger partial charge >= 0.3 is 6.18 Å². The Hall–Kier alpha value is -2.39. The fraction of sp³-hybridized carbons (Fsp3) is 0.389. The summed E-state index contributed by atoms with van der Waals surface area (Å²) in [5.74, 6) is 3.86. The number of nitrogens with zero attached hydrogens (tertiary/aromatic N) is 1. The Morgan fingerprint density at radius 1 is 1.15 bits per heavy atom. The maximum Gasteiger partial charge on any atom is 0.423 e. The third kappa shape index (κ3) is 4.14. The van der Waals surface area contributed by atoms with Gasteiger partial charge in [-0.3, -0.25) is 0 Å². The average Bonchev–Trinajstić information content (AvgIpc) is 2.63. The van der Waals surface area contributed by atoms with Gasteiger partial charge in [0.2, 0.25) is 0 Å². The molecule has 0 spiro atoms. The van der Waals surface area contributed by atoms with Crippen molar-refractivity contribution in [3.8, 4) is 5.75 Å². The van der Waals surface area contributed by atoms with Crippen LogP contribution in [0.25, 0.3) is 0 Å². The molecule has 2 aromatic rings. The fourth-order valence-electron chi connectivity index (χ4n) is 3.34. The highest BCUT2D eigenvalue weighted by molar-refractivity contribution is 5.52. The standard InChI is InChI=1S/C18H19F4N3O2/c19-12-3-1-11(2-4-12)17(26)8-5-13(6-9-17)27-14-7-10-24-16(25-23)15(14)18(20,21)22/h1-4,7,10,13,26H,5-6,8-9,23H2,(H,24,25)/t13-,17-. The summed E-state index contributed by atoms with van der Waals surface area (Å²) in [7, 11) is 0. The van der Waals surface area contributed by atoms with Crippen molar-refractivity contribution >= 4 is 5.82 Å². The Labute approximate surface area is 153 Å². The van der Waals surface area contributed by atoms with Crippen molar-refractivity contribution in [3.63, 3.8) is 0 Å². The first kappa shape index (κ1) is 19.4. The van der Waals surface area contributed by atoms with Crippen LogP contribution in [0.2, 0.25) is 0 Å². The monoisotopic (exact) mass is 385 g/mol. The van der Waals surface area contributed by atoms with Crippen molar-refractivity contribution in [2.75, 3.05) is 5.43 Å². The molecule has 0 amide bonds. The predicted molar refractivity (Wildman–Crippen MR) is 90.2 cm³/mol. The van der Waals surface area contributed by atoms with E-state index in [2.05, 4.69) is 4.98 Å². The normalized spacial score (nSPS) is 23.1. The molecule has 1 aliphatic rings. The lowest BCUT2D eigenvalue weighted by molar-refractivity contribution is -0.139. The molecule has 1 aliphatic carbocycles. The maximum atomic E-state index is 13.3. The van der Waals surface area contributed by atoms with Crippen molar-refractivity contribution in [1.29, 1.82) is 0 Å². The zero-order valence-corrected chi connectivity index (χ0v) is 14.3. The Morgan fingerprint density at radius 2 is 1.78 bits per heavy atom. The Kier molecular flexibility index (Phi) is 5.25. The number of anilines is 1. The van der Waals surface area contributed by atoms with Gasteiger partial charge in [-0.2, -0.15) is 13.2 Å². The molecule has 0 atom stereocenters. The number of aromatic nitrogens is 1. The fourth-order valence-corrected chi connectivity index (χ4v) is 3.34. The van der Waals surface area contributed by atoms with Crippen LogP contribution < -0.4 is 16.0 Å². The van der Waals surface area contributed by atoms with Crippen LogP contribution in [-0.4, -0.2) is 16.2 Å². The number of pyridine rings is 1. The lowest BCUT2D eigenvalue weighted by Gasteiger charge is -2.36. The number of benzene rings is 1. The molecule has 0 unspecified atom stereocenters. The van der Waals surface area contributed by atoms with Gasteiger partial charge in [-0.25, -0.2) is 15.2 Å². The molecule has 1 fully saturated rings. The van der Waals surface area contributed by atoms with E-state index in [1.54, 1.807) is 0 Å². The van der Waals surface area contributed by atoms with Crippen LogP contribution >= 0.6 is 0 Å². The number of nitrogens with one attached hydrogen (secondary N) is 1. The molecule has 0 aliphatic heterocycles. The second-order valence-corrected chi connectivity index (χ2v) is 6.53. The summed E-state index contributed by atoms with van der Waals surface area (Å²) < 4.78 is 58.7. The van der Waals surface area contributed by atoms with Crippen LogP contribution in [0.4, 0.5) is 23.4 Å². The van der Waals surface area contributed by atoms with Crippen LogP contribution in [0.3, 0.4) is 0 Å². The number of nitrogen functional groups attached to an aromatic ring is 1. The molecule has 3 rings (SSSR count). The summed E-state index contributed by atoms with van der Waals surface area (Å²) in [6.07, 6.45) is -2.74. The molecule has 1 aromatic heterocycles.